The third-order valence-electron chi connectivity index (χ3n) is 6.01. The number of aliphatic carboxylic acids is 1. The molecule has 4 N–H and O–H groups in total. The summed E-state index contributed by atoms with van der Waals surface area (Å²) in [6, 6.07) is 11.0. The number of rotatable bonds is 10. The number of hydrogen-bond acceptors (Lipinski definition) is 7. The van der Waals surface area contributed by atoms with Crippen molar-refractivity contribution in [2.45, 2.75) is 37.8 Å². The summed E-state index contributed by atoms with van der Waals surface area (Å²) in [6.07, 6.45) is -3.09. The van der Waals surface area contributed by atoms with Crippen molar-refractivity contribution >= 4 is 39.2 Å². The van der Waals surface area contributed by atoms with Crippen LogP contribution in [-0.4, -0.2) is 86.8 Å². The summed E-state index contributed by atoms with van der Waals surface area (Å²) in [5, 5.41) is 19.8. The van der Waals surface area contributed by atoms with E-state index < -0.39 is 28.1 Å². The molecular weight excluding hydrogens is 569 g/mol. The van der Waals surface area contributed by atoms with Crippen LogP contribution in [0.15, 0.2) is 47.4 Å². The predicted octanol–water partition coefficient (Wildman–Crippen LogP) is 3.17. The molecule has 1 aliphatic heterocycles. The lowest BCUT2D eigenvalue weighted by atomic mass is 10.1. The molecule has 0 atom stereocenters. The molecular formula is C26H33F3N4O7S. The van der Waals surface area contributed by atoms with Gasteiger partial charge in [-0.2, -0.15) is 13.2 Å². The van der Waals surface area contributed by atoms with Crippen LogP contribution in [0.25, 0.3) is 0 Å². The van der Waals surface area contributed by atoms with Gasteiger partial charge in [-0.05, 0) is 43.7 Å². The van der Waals surface area contributed by atoms with Crippen LogP contribution in [0.5, 0.6) is 0 Å². The maximum absolute atomic E-state index is 12.7. The van der Waals surface area contributed by atoms with Gasteiger partial charge in [0.1, 0.15) is 0 Å². The van der Waals surface area contributed by atoms with Crippen molar-refractivity contribution in [3.8, 4) is 0 Å². The zero-order valence-electron chi connectivity index (χ0n) is 22.6. The monoisotopic (exact) mass is 602 g/mol. The van der Waals surface area contributed by atoms with Crippen molar-refractivity contribution in [1.29, 1.82) is 0 Å². The molecule has 1 fully saturated rings. The van der Waals surface area contributed by atoms with Gasteiger partial charge in [-0.25, -0.2) is 18.0 Å². The first-order valence-electron chi connectivity index (χ1n) is 12.6. The molecule has 41 heavy (non-hydrogen) atoms. The van der Waals surface area contributed by atoms with Gasteiger partial charge < -0.3 is 20.4 Å². The molecule has 0 unspecified atom stereocenters. The molecule has 1 aliphatic rings. The number of carbonyl (C=O) groups excluding carboxylic acids is 1. The van der Waals surface area contributed by atoms with E-state index >= 15 is 0 Å². The Labute approximate surface area is 236 Å². The van der Waals surface area contributed by atoms with Crippen molar-refractivity contribution < 1.29 is 46.2 Å². The Balaban J connectivity index is 0.000000745. The topological polar surface area (TPSA) is 156 Å². The number of carboxylic acid groups (broad SMARTS) is 2. The third kappa shape index (κ3) is 10.6. The Morgan fingerprint density at radius 3 is 2.07 bits per heavy atom. The molecule has 2 aromatic carbocycles. The molecule has 0 saturated carbocycles. The summed E-state index contributed by atoms with van der Waals surface area (Å²) in [4.78, 5) is 37.0. The second kappa shape index (κ2) is 14.7. The van der Waals surface area contributed by atoms with Crippen molar-refractivity contribution in [1.82, 2.24) is 10.2 Å². The Kier molecular flexibility index (Phi) is 11.9. The molecule has 226 valence electrons. The van der Waals surface area contributed by atoms with E-state index in [2.05, 4.69) is 21.9 Å². The van der Waals surface area contributed by atoms with E-state index in [-0.39, 0.29) is 22.1 Å². The average Bonchev–Trinajstić information content (AvgIpc) is 2.89. The predicted molar refractivity (Wildman–Crippen MR) is 146 cm³/mol. The van der Waals surface area contributed by atoms with Crippen LogP contribution < -0.4 is 14.9 Å². The Morgan fingerprint density at radius 2 is 1.56 bits per heavy atom. The Morgan fingerprint density at radius 1 is 0.976 bits per heavy atom. The van der Waals surface area contributed by atoms with Crippen LogP contribution in [0, 0.1) is 6.92 Å². The number of sulfonamides is 1. The van der Waals surface area contributed by atoms with Crippen molar-refractivity contribution in [2.24, 2.45) is 0 Å². The fourth-order valence-corrected chi connectivity index (χ4v) is 4.82. The van der Waals surface area contributed by atoms with Gasteiger partial charge in [-0.1, -0.05) is 31.0 Å². The van der Waals surface area contributed by atoms with E-state index in [9.17, 15) is 36.3 Å². The van der Waals surface area contributed by atoms with E-state index in [1.165, 1.54) is 24.3 Å². The molecule has 0 radical (unpaired) electrons. The number of alkyl halides is 3. The van der Waals surface area contributed by atoms with Gasteiger partial charge in [0.05, 0.1) is 22.7 Å². The summed E-state index contributed by atoms with van der Waals surface area (Å²) >= 11 is 0. The van der Waals surface area contributed by atoms with Gasteiger partial charge in [0.25, 0.3) is 10.0 Å². The standard InChI is InChI=1S/C24H32N4O5S.C2HF3O2/c1-3-4-11-25-23(29)17-27-12-14-28(15-13-27)19-7-10-22(21(16-19)24(30)31)26-34(32,33)20-8-5-18(2)6-9-20;3-2(4,5)1(6)7/h5-10,16,26H,3-4,11-15,17H2,1-2H3,(H,25,29)(H,30,31);(H,6,7). The van der Waals surface area contributed by atoms with Gasteiger partial charge >= 0.3 is 18.1 Å². The van der Waals surface area contributed by atoms with Crippen LogP contribution in [0.2, 0.25) is 0 Å². The number of unbranched alkanes of at least 4 members (excludes halogenated alkanes) is 1. The second-order valence-electron chi connectivity index (χ2n) is 9.22. The fourth-order valence-electron chi connectivity index (χ4n) is 3.74. The minimum Gasteiger partial charge on any atom is -0.478 e. The molecule has 15 heteroatoms. The van der Waals surface area contributed by atoms with Crippen LogP contribution in [-0.2, 0) is 19.6 Å². The number of benzene rings is 2. The first-order chi connectivity index (χ1) is 19.1. The van der Waals surface area contributed by atoms with E-state index in [1.807, 2.05) is 11.8 Å². The van der Waals surface area contributed by atoms with Gasteiger partial charge in [0.15, 0.2) is 0 Å². The summed E-state index contributed by atoms with van der Waals surface area (Å²) in [7, 11) is -3.92. The van der Waals surface area contributed by atoms with Crippen molar-refractivity contribution in [3.63, 3.8) is 0 Å². The number of amides is 1. The minimum absolute atomic E-state index is 0.0132. The number of nitrogens with zero attached hydrogens (tertiary/aromatic N) is 2. The largest absolute Gasteiger partial charge is 0.490 e. The summed E-state index contributed by atoms with van der Waals surface area (Å²) < 4.78 is 59.6. The molecule has 0 bridgehead atoms. The van der Waals surface area contributed by atoms with Crippen molar-refractivity contribution in [2.75, 3.05) is 48.9 Å². The molecule has 0 aromatic heterocycles. The fraction of sp³-hybridized carbons (Fsp3) is 0.423. The number of aromatic carboxylic acids is 1. The SMILES string of the molecule is CCCCNC(=O)CN1CCN(c2ccc(NS(=O)(=O)c3ccc(C)cc3)c(C(=O)O)c2)CC1.O=C(O)C(F)(F)F. The average molecular weight is 603 g/mol. The minimum atomic E-state index is -5.08. The molecule has 3 rings (SSSR count). The lowest BCUT2D eigenvalue weighted by Crippen LogP contribution is -2.49. The molecule has 1 saturated heterocycles. The highest BCUT2D eigenvalue weighted by atomic mass is 32.2. The van der Waals surface area contributed by atoms with Crippen molar-refractivity contribution in [3.05, 3.63) is 53.6 Å². The molecule has 2 aromatic rings. The van der Waals surface area contributed by atoms with E-state index in [4.69, 9.17) is 9.90 Å². The van der Waals surface area contributed by atoms with E-state index in [0.29, 0.717) is 45.0 Å². The molecule has 1 heterocycles. The number of anilines is 2. The number of aryl methyl sites for hydroxylation is 1. The Hall–Kier alpha value is -3.85. The highest BCUT2D eigenvalue weighted by Gasteiger charge is 2.38. The number of carbonyl (C=O) groups is 3. The lowest BCUT2D eigenvalue weighted by Gasteiger charge is -2.36. The quantitative estimate of drug-likeness (QED) is 0.300. The lowest BCUT2D eigenvalue weighted by molar-refractivity contribution is -0.192. The van der Waals surface area contributed by atoms with E-state index in [1.54, 1.807) is 18.2 Å². The number of carboxylic acids is 2. The number of nitrogens with one attached hydrogen (secondary N) is 2. The van der Waals surface area contributed by atoms with Crippen LogP contribution in [0.1, 0.15) is 35.7 Å². The summed E-state index contributed by atoms with van der Waals surface area (Å²) in [5.74, 6) is -3.96. The first kappa shape index (κ1) is 33.4. The third-order valence-corrected chi connectivity index (χ3v) is 7.39. The summed E-state index contributed by atoms with van der Waals surface area (Å²) in [6.45, 7) is 7.58. The number of hydrogen-bond donors (Lipinski definition) is 4. The highest BCUT2D eigenvalue weighted by molar-refractivity contribution is 7.92. The van der Waals surface area contributed by atoms with E-state index in [0.717, 1.165) is 18.4 Å². The maximum Gasteiger partial charge on any atom is 0.490 e. The van der Waals surface area contributed by atoms with Gasteiger partial charge in [0.2, 0.25) is 5.91 Å². The van der Waals surface area contributed by atoms with Crippen LogP contribution in [0.3, 0.4) is 0 Å². The molecule has 1 amide bonds. The summed E-state index contributed by atoms with van der Waals surface area (Å²) in [5.41, 5.74) is 1.51. The number of halogens is 3. The van der Waals surface area contributed by atoms with Gasteiger partial charge in [0, 0.05) is 38.4 Å². The molecule has 0 aliphatic carbocycles. The van der Waals surface area contributed by atoms with Crippen LogP contribution >= 0.6 is 0 Å². The molecule has 0 spiro atoms. The van der Waals surface area contributed by atoms with Crippen LogP contribution in [0.4, 0.5) is 24.5 Å². The van der Waals surface area contributed by atoms with Gasteiger partial charge in [-0.3, -0.25) is 14.4 Å². The zero-order chi connectivity index (χ0) is 30.8. The molecule has 11 nitrogen and oxygen atoms in total. The Bertz CT molecular complexity index is 1310. The number of piperazine rings is 1. The normalized spacial score (nSPS) is 14.0. The smallest absolute Gasteiger partial charge is 0.478 e. The highest BCUT2D eigenvalue weighted by Crippen LogP contribution is 2.27. The maximum atomic E-state index is 12.7. The second-order valence-corrected chi connectivity index (χ2v) is 10.9. The first-order valence-corrected chi connectivity index (χ1v) is 14.1. The van der Waals surface area contributed by atoms with Gasteiger partial charge in [-0.15, -0.1) is 0 Å². The zero-order valence-corrected chi connectivity index (χ0v) is 23.4.